The highest BCUT2D eigenvalue weighted by atomic mass is 35.5. The molecule has 2 aliphatic rings. The molecule has 0 spiro atoms. The minimum Gasteiger partial charge on any atom is -0.329 e. The number of nitrogens with zero attached hydrogens (tertiary/aromatic N) is 1. The quantitative estimate of drug-likeness (QED) is 0.810. The van der Waals surface area contributed by atoms with Crippen molar-refractivity contribution in [2.24, 2.45) is 11.7 Å². The van der Waals surface area contributed by atoms with Crippen molar-refractivity contribution in [1.82, 2.24) is 4.90 Å². The van der Waals surface area contributed by atoms with Crippen LogP contribution < -0.4 is 5.73 Å². The Morgan fingerprint density at radius 3 is 2.25 bits per heavy atom. The summed E-state index contributed by atoms with van der Waals surface area (Å²) in [6, 6.07) is -0.566. The smallest absolute Gasteiger partial charge is 0.282 e. The molecular weight excluding hydrogens is 238 g/mol. The van der Waals surface area contributed by atoms with E-state index in [0.717, 1.165) is 25.7 Å². The molecular formula is C10H17ClF2N2O. The van der Waals surface area contributed by atoms with Gasteiger partial charge in [-0.15, -0.1) is 12.4 Å². The number of halogens is 3. The standard InChI is InChI=1S/C10H16F2N2O.ClH/c11-10(12)5-14(6-10)9(15)8(13)7-3-1-2-4-7;/h7-8H,1-6,13H2;1H. The molecule has 1 aliphatic heterocycles. The highest BCUT2D eigenvalue weighted by molar-refractivity contribution is 5.85. The van der Waals surface area contributed by atoms with Crippen molar-refractivity contribution in [1.29, 1.82) is 0 Å². The fourth-order valence-electron chi connectivity index (χ4n) is 2.40. The molecule has 1 saturated heterocycles. The zero-order valence-corrected chi connectivity index (χ0v) is 9.81. The number of hydrogen-bond donors (Lipinski definition) is 1. The summed E-state index contributed by atoms with van der Waals surface area (Å²) in [7, 11) is 0. The van der Waals surface area contributed by atoms with Crippen LogP contribution in [-0.4, -0.2) is 35.9 Å². The second kappa shape index (κ2) is 4.84. The molecule has 0 aromatic carbocycles. The van der Waals surface area contributed by atoms with Crippen LogP contribution in [0.1, 0.15) is 25.7 Å². The molecule has 1 heterocycles. The van der Waals surface area contributed by atoms with Crippen molar-refractivity contribution in [3.05, 3.63) is 0 Å². The van der Waals surface area contributed by atoms with Crippen LogP contribution in [0.25, 0.3) is 0 Å². The largest absolute Gasteiger partial charge is 0.329 e. The van der Waals surface area contributed by atoms with E-state index >= 15 is 0 Å². The fraction of sp³-hybridized carbons (Fsp3) is 0.900. The first-order valence-electron chi connectivity index (χ1n) is 5.42. The Balaban J connectivity index is 0.00000128. The Morgan fingerprint density at radius 2 is 1.81 bits per heavy atom. The molecule has 2 N–H and O–H groups in total. The molecule has 6 heteroatoms. The Morgan fingerprint density at radius 1 is 1.31 bits per heavy atom. The molecule has 1 unspecified atom stereocenters. The lowest BCUT2D eigenvalue weighted by Gasteiger charge is -2.40. The molecule has 0 aromatic rings. The Kier molecular flexibility index (Phi) is 4.12. The van der Waals surface area contributed by atoms with E-state index in [1.54, 1.807) is 0 Å². The molecule has 1 saturated carbocycles. The van der Waals surface area contributed by atoms with Gasteiger partial charge in [-0.3, -0.25) is 4.79 Å². The summed E-state index contributed by atoms with van der Waals surface area (Å²) < 4.78 is 25.1. The Bertz CT molecular complexity index is 262. The lowest BCUT2D eigenvalue weighted by Crippen LogP contribution is -2.62. The molecule has 94 valence electrons. The molecule has 16 heavy (non-hydrogen) atoms. The van der Waals surface area contributed by atoms with Gasteiger partial charge in [0.1, 0.15) is 0 Å². The Hall–Kier alpha value is -0.420. The summed E-state index contributed by atoms with van der Waals surface area (Å²) in [5.41, 5.74) is 5.79. The predicted octanol–water partition coefficient (Wildman–Crippen LogP) is 1.40. The zero-order chi connectivity index (χ0) is 11.1. The minimum absolute atomic E-state index is 0. The maximum atomic E-state index is 12.6. The summed E-state index contributed by atoms with van der Waals surface area (Å²) >= 11 is 0. The Labute approximate surface area is 99.8 Å². The molecule has 0 bridgehead atoms. The third-order valence-corrected chi connectivity index (χ3v) is 3.35. The van der Waals surface area contributed by atoms with Gasteiger partial charge < -0.3 is 10.6 Å². The molecule has 1 amide bonds. The average Bonchev–Trinajstić information content (AvgIpc) is 2.64. The van der Waals surface area contributed by atoms with Gasteiger partial charge in [0.05, 0.1) is 19.1 Å². The van der Waals surface area contributed by atoms with Crippen LogP contribution >= 0.6 is 12.4 Å². The first-order chi connectivity index (χ1) is 6.99. The number of carbonyl (C=O) groups excluding carboxylic acids is 1. The minimum atomic E-state index is -2.69. The second-order valence-corrected chi connectivity index (χ2v) is 4.62. The van der Waals surface area contributed by atoms with E-state index in [9.17, 15) is 13.6 Å². The summed E-state index contributed by atoms with van der Waals surface area (Å²) in [6.07, 6.45) is 4.11. The molecule has 2 fully saturated rings. The van der Waals surface area contributed by atoms with Crippen LogP contribution in [0, 0.1) is 5.92 Å². The summed E-state index contributed by atoms with van der Waals surface area (Å²) in [5, 5.41) is 0. The molecule has 1 aliphatic carbocycles. The van der Waals surface area contributed by atoms with E-state index in [0.29, 0.717) is 0 Å². The normalized spacial score (nSPS) is 25.8. The highest BCUT2D eigenvalue weighted by Crippen LogP contribution is 2.31. The van der Waals surface area contributed by atoms with E-state index in [-0.39, 0.29) is 24.2 Å². The number of nitrogens with two attached hydrogens (primary N) is 1. The number of rotatable bonds is 2. The maximum absolute atomic E-state index is 12.6. The number of carbonyl (C=O) groups is 1. The molecule has 3 nitrogen and oxygen atoms in total. The van der Waals surface area contributed by atoms with Crippen LogP contribution in [-0.2, 0) is 4.79 Å². The highest BCUT2D eigenvalue weighted by Gasteiger charge is 2.48. The molecule has 2 rings (SSSR count). The second-order valence-electron chi connectivity index (χ2n) is 4.62. The van der Waals surface area contributed by atoms with Crippen molar-refractivity contribution in [2.75, 3.05) is 13.1 Å². The first kappa shape index (κ1) is 13.6. The average molecular weight is 255 g/mol. The zero-order valence-electron chi connectivity index (χ0n) is 8.99. The summed E-state index contributed by atoms with van der Waals surface area (Å²) in [4.78, 5) is 12.8. The fourth-order valence-corrected chi connectivity index (χ4v) is 2.40. The van der Waals surface area contributed by atoms with Crippen LogP contribution in [0.15, 0.2) is 0 Å². The SMILES string of the molecule is Cl.NC(C(=O)N1CC(F)(F)C1)C1CCCC1. The van der Waals surface area contributed by atoms with Crippen molar-refractivity contribution in [3.8, 4) is 0 Å². The number of likely N-dealkylation sites (tertiary alicyclic amines) is 1. The van der Waals surface area contributed by atoms with Crippen LogP contribution in [0.2, 0.25) is 0 Å². The maximum Gasteiger partial charge on any atom is 0.282 e. The first-order valence-corrected chi connectivity index (χ1v) is 5.42. The van der Waals surface area contributed by atoms with E-state index in [1.807, 2.05) is 0 Å². The van der Waals surface area contributed by atoms with Crippen molar-refractivity contribution < 1.29 is 13.6 Å². The molecule has 1 atom stereocenters. The number of alkyl halides is 2. The third-order valence-electron chi connectivity index (χ3n) is 3.35. The number of amides is 1. The molecule has 0 radical (unpaired) electrons. The number of hydrogen-bond acceptors (Lipinski definition) is 2. The van der Waals surface area contributed by atoms with E-state index in [4.69, 9.17) is 5.73 Å². The van der Waals surface area contributed by atoms with Gasteiger partial charge in [-0.1, -0.05) is 12.8 Å². The van der Waals surface area contributed by atoms with Gasteiger partial charge in [-0.25, -0.2) is 8.78 Å². The van der Waals surface area contributed by atoms with Crippen LogP contribution in [0.5, 0.6) is 0 Å². The van der Waals surface area contributed by atoms with Gasteiger partial charge in [0.15, 0.2) is 0 Å². The summed E-state index contributed by atoms with van der Waals surface area (Å²) in [6.45, 7) is -0.904. The van der Waals surface area contributed by atoms with Crippen molar-refractivity contribution in [3.63, 3.8) is 0 Å². The summed E-state index contributed by atoms with van der Waals surface area (Å²) in [5.74, 6) is -2.79. The van der Waals surface area contributed by atoms with E-state index < -0.39 is 25.1 Å². The lowest BCUT2D eigenvalue weighted by atomic mass is 9.96. The van der Waals surface area contributed by atoms with Gasteiger partial charge >= 0.3 is 0 Å². The lowest BCUT2D eigenvalue weighted by molar-refractivity contribution is -0.168. The van der Waals surface area contributed by atoms with Crippen molar-refractivity contribution >= 4 is 18.3 Å². The third kappa shape index (κ3) is 2.63. The monoisotopic (exact) mass is 254 g/mol. The molecule has 0 aromatic heterocycles. The van der Waals surface area contributed by atoms with Gasteiger partial charge in [0.2, 0.25) is 5.91 Å². The van der Waals surface area contributed by atoms with Gasteiger partial charge in [0.25, 0.3) is 5.92 Å². The van der Waals surface area contributed by atoms with Crippen LogP contribution in [0.3, 0.4) is 0 Å². The van der Waals surface area contributed by atoms with E-state index in [1.165, 1.54) is 4.90 Å². The topological polar surface area (TPSA) is 46.3 Å². The van der Waals surface area contributed by atoms with Gasteiger partial charge in [-0.2, -0.15) is 0 Å². The van der Waals surface area contributed by atoms with Gasteiger partial charge in [0, 0.05) is 0 Å². The van der Waals surface area contributed by atoms with E-state index in [2.05, 4.69) is 0 Å². The predicted molar refractivity (Wildman–Crippen MR) is 58.7 cm³/mol. The van der Waals surface area contributed by atoms with Crippen LogP contribution in [0.4, 0.5) is 8.78 Å². The van der Waals surface area contributed by atoms with Crippen molar-refractivity contribution in [2.45, 2.75) is 37.6 Å². The van der Waals surface area contributed by atoms with Gasteiger partial charge in [-0.05, 0) is 18.8 Å².